The zero-order chi connectivity index (χ0) is 14.2. The van der Waals surface area contributed by atoms with Crippen LogP contribution in [0.2, 0.25) is 5.02 Å². The molecule has 0 fully saturated rings. The number of imidazole rings is 1. The van der Waals surface area contributed by atoms with Crippen LogP contribution in [0.25, 0.3) is 11.4 Å². The van der Waals surface area contributed by atoms with Crippen LogP contribution in [0.1, 0.15) is 23.3 Å². The lowest BCUT2D eigenvalue weighted by Crippen LogP contribution is -2.28. The molecule has 0 amide bonds. The Labute approximate surface area is 125 Å². The third-order valence-electron chi connectivity index (χ3n) is 3.57. The highest BCUT2D eigenvalue weighted by Gasteiger charge is 2.26. The number of nitrogens with one attached hydrogen (secondary N) is 2. The van der Waals surface area contributed by atoms with Gasteiger partial charge in [-0.05, 0) is 24.3 Å². The van der Waals surface area contributed by atoms with Crippen molar-refractivity contribution < 1.29 is 4.52 Å². The average molecular weight is 302 g/mol. The van der Waals surface area contributed by atoms with Crippen LogP contribution in [0, 0.1) is 0 Å². The third-order valence-corrected chi connectivity index (χ3v) is 3.82. The third kappa shape index (κ3) is 2.32. The predicted octanol–water partition coefficient (Wildman–Crippen LogP) is 2.50. The molecule has 0 aliphatic carbocycles. The summed E-state index contributed by atoms with van der Waals surface area (Å²) < 4.78 is 5.39. The number of aromatic amines is 1. The molecule has 1 aliphatic heterocycles. The van der Waals surface area contributed by atoms with Crippen LogP contribution in [0.3, 0.4) is 0 Å². The van der Waals surface area contributed by atoms with Crippen molar-refractivity contribution in [3.8, 4) is 11.4 Å². The Bertz CT molecular complexity index is 764. The first-order chi connectivity index (χ1) is 10.3. The zero-order valence-electron chi connectivity index (χ0n) is 11.0. The minimum absolute atomic E-state index is 0.00523. The smallest absolute Gasteiger partial charge is 0.244 e. The molecule has 0 saturated carbocycles. The molecule has 21 heavy (non-hydrogen) atoms. The SMILES string of the molecule is Clc1ccc(-c2noc(C3Cc4nc[nH]c4CN3)n2)cc1. The number of H-pyrrole nitrogens is 1. The van der Waals surface area contributed by atoms with E-state index in [2.05, 4.69) is 25.4 Å². The Morgan fingerprint density at radius 2 is 2.10 bits per heavy atom. The molecule has 0 spiro atoms. The van der Waals surface area contributed by atoms with Gasteiger partial charge in [-0.15, -0.1) is 0 Å². The van der Waals surface area contributed by atoms with E-state index in [-0.39, 0.29) is 6.04 Å². The number of aromatic nitrogens is 4. The van der Waals surface area contributed by atoms with Gasteiger partial charge in [-0.25, -0.2) is 4.98 Å². The second kappa shape index (κ2) is 4.98. The first-order valence-corrected chi connectivity index (χ1v) is 7.01. The van der Waals surface area contributed by atoms with Crippen molar-refractivity contribution >= 4 is 11.6 Å². The Balaban J connectivity index is 1.59. The Morgan fingerprint density at radius 3 is 2.95 bits per heavy atom. The Morgan fingerprint density at radius 1 is 1.24 bits per heavy atom. The van der Waals surface area contributed by atoms with Gasteiger partial charge in [-0.2, -0.15) is 4.98 Å². The van der Waals surface area contributed by atoms with E-state index in [1.807, 2.05) is 24.3 Å². The lowest BCUT2D eigenvalue weighted by atomic mass is 10.1. The molecule has 1 aromatic carbocycles. The van der Waals surface area contributed by atoms with E-state index < -0.39 is 0 Å². The van der Waals surface area contributed by atoms with E-state index in [0.717, 1.165) is 29.9 Å². The molecule has 3 heterocycles. The molecule has 6 nitrogen and oxygen atoms in total. The van der Waals surface area contributed by atoms with Gasteiger partial charge in [0.25, 0.3) is 0 Å². The first-order valence-electron chi connectivity index (χ1n) is 6.63. The monoisotopic (exact) mass is 301 g/mol. The number of nitrogens with zero attached hydrogens (tertiary/aromatic N) is 3. The van der Waals surface area contributed by atoms with Crippen LogP contribution in [-0.2, 0) is 13.0 Å². The van der Waals surface area contributed by atoms with Gasteiger partial charge in [0, 0.05) is 23.6 Å². The van der Waals surface area contributed by atoms with E-state index in [4.69, 9.17) is 16.1 Å². The molecule has 0 radical (unpaired) electrons. The summed E-state index contributed by atoms with van der Waals surface area (Å²) in [5.74, 6) is 1.14. The molecule has 1 atom stereocenters. The molecule has 3 aromatic rings. The summed E-state index contributed by atoms with van der Waals surface area (Å²) in [5, 5.41) is 8.08. The molecule has 0 saturated heterocycles. The molecule has 1 unspecified atom stereocenters. The van der Waals surface area contributed by atoms with Gasteiger partial charge >= 0.3 is 0 Å². The molecule has 106 valence electrons. The van der Waals surface area contributed by atoms with Crippen LogP contribution >= 0.6 is 11.6 Å². The maximum atomic E-state index is 5.88. The maximum absolute atomic E-state index is 5.88. The largest absolute Gasteiger partial charge is 0.347 e. The van der Waals surface area contributed by atoms with Crippen molar-refractivity contribution in [1.29, 1.82) is 0 Å². The molecule has 2 N–H and O–H groups in total. The Kier molecular flexibility index (Phi) is 2.98. The fourth-order valence-electron chi connectivity index (χ4n) is 2.44. The minimum Gasteiger partial charge on any atom is -0.347 e. The summed E-state index contributed by atoms with van der Waals surface area (Å²) in [7, 11) is 0. The molecule has 2 aromatic heterocycles. The average Bonchev–Trinajstić information content (AvgIpc) is 3.16. The zero-order valence-corrected chi connectivity index (χ0v) is 11.8. The number of benzene rings is 1. The van der Waals surface area contributed by atoms with Crippen LogP contribution in [0.4, 0.5) is 0 Å². The fourth-order valence-corrected chi connectivity index (χ4v) is 2.56. The lowest BCUT2D eigenvalue weighted by Gasteiger charge is -2.19. The van der Waals surface area contributed by atoms with Gasteiger partial charge in [-0.1, -0.05) is 16.8 Å². The number of fused-ring (bicyclic) bond motifs is 1. The number of rotatable bonds is 2. The minimum atomic E-state index is -0.00523. The van der Waals surface area contributed by atoms with E-state index in [9.17, 15) is 0 Å². The van der Waals surface area contributed by atoms with Crippen LogP contribution in [-0.4, -0.2) is 20.1 Å². The summed E-state index contributed by atoms with van der Waals surface area (Å²) in [4.78, 5) is 11.9. The predicted molar refractivity (Wildman–Crippen MR) is 76.6 cm³/mol. The van der Waals surface area contributed by atoms with E-state index in [1.54, 1.807) is 6.33 Å². The van der Waals surface area contributed by atoms with Gasteiger partial charge in [0.1, 0.15) is 0 Å². The molecule has 4 rings (SSSR count). The maximum Gasteiger partial charge on any atom is 0.244 e. The van der Waals surface area contributed by atoms with E-state index >= 15 is 0 Å². The summed E-state index contributed by atoms with van der Waals surface area (Å²) in [6.45, 7) is 0.721. The molecule has 1 aliphatic rings. The van der Waals surface area contributed by atoms with Gasteiger partial charge < -0.3 is 9.51 Å². The van der Waals surface area contributed by atoms with Crippen molar-refractivity contribution in [3.63, 3.8) is 0 Å². The Hall–Kier alpha value is -2.18. The number of hydrogen-bond acceptors (Lipinski definition) is 5. The van der Waals surface area contributed by atoms with Crippen molar-refractivity contribution in [1.82, 2.24) is 25.4 Å². The summed E-state index contributed by atoms with van der Waals surface area (Å²) >= 11 is 5.88. The summed E-state index contributed by atoms with van der Waals surface area (Å²) in [6.07, 6.45) is 2.45. The second-order valence-corrected chi connectivity index (χ2v) is 5.36. The molecule has 7 heteroatoms. The van der Waals surface area contributed by atoms with Crippen molar-refractivity contribution in [2.75, 3.05) is 0 Å². The van der Waals surface area contributed by atoms with E-state index in [0.29, 0.717) is 16.7 Å². The molecular formula is C14H12ClN5O. The number of hydrogen-bond donors (Lipinski definition) is 2. The summed E-state index contributed by atoms with van der Waals surface area (Å²) in [6, 6.07) is 7.35. The standard InChI is InChI=1S/C14H12ClN5O/c15-9-3-1-8(2-4-9)13-19-14(21-20-13)11-5-10-12(6-16-11)18-7-17-10/h1-4,7,11,16H,5-6H2,(H,17,18). The van der Waals surface area contributed by atoms with Gasteiger partial charge in [-0.3, -0.25) is 5.32 Å². The van der Waals surface area contributed by atoms with E-state index in [1.165, 1.54) is 0 Å². The van der Waals surface area contributed by atoms with Gasteiger partial charge in [0.15, 0.2) is 0 Å². The topological polar surface area (TPSA) is 79.6 Å². The quantitative estimate of drug-likeness (QED) is 0.760. The van der Waals surface area contributed by atoms with Crippen molar-refractivity contribution in [3.05, 3.63) is 52.9 Å². The van der Waals surface area contributed by atoms with Crippen molar-refractivity contribution in [2.45, 2.75) is 19.0 Å². The van der Waals surface area contributed by atoms with Crippen LogP contribution < -0.4 is 5.32 Å². The first kappa shape index (κ1) is 12.6. The highest BCUT2D eigenvalue weighted by Crippen LogP contribution is 2.25. The van der Waals surface area contributed by atoms with Gasteiger partial charge in [0.2, 0.25) is 11.7 Å². The normalized spacial score (nSPS) is 17.7. The van der Waals surface area contributed by atoms with Crippen molar-refractivity contribution in [2.24, 2.45) is 0 Å². The summed E-state index contributed by atoms with van der Waals surface area (Å²) in [5.41, 5.74) is 3.04. The second-order valence-electron chi connectivity index (χ2n) is 4.93. The van der Waals surface area contributed by atoms with Crippen LogP contribution in [0.5, 0.6) is 0 Å². The molecular weight excluding hydrogens is 290 g/mol. The highest BCUT2D eigenvalue weighted by molar-refractivity contribution is 6.30. The highest BCUT2D eigenvalue weighted by atomic mass is 35.5. The fraction of sp³-hybridized carbons (Fsp3) is 0.214. The van der Waals surface area contributed by atoms with Gasteiger partial charge in [0.05, 0.1) is 23.8 Å². The van der Waals surface area contributed by atoms with Crippen LogP contribution in [0.15, 0.2) is 35.1 Å². The molecule has 0 bridgehead atoms. The number of halogens is 1. The lowest BCUT2D eigenvalue weighted by molar-refractivity contribution is 0.319.